The fraction of sp³-hybridized carbons (Fsp3) is 0.0667. The molecule has 1 N–H and O–H groups in total. The summed E-state index contributed by atoms with van der Waals surface area (Å²) in [7, 11) is 0. The van der Waals surface area contributed by atoms with E-state index in [1.54, 1.807) is 35.3 Å². The van der Waals surface area contributed by atoms with Crippen molar-refractivity contribution in [2.24, 2.45) is 0 Å². The van der Waals surface area contributed by atoms with Crippen LogP contribution in [0.3, 0.4) is 0 Å². The molecule has 0 fully saturated rings. The predicted molar refractivity (Wildman–Crippen MR) is 95.1 cm³/mol. The van der Waals surface area contributed by atoms with Crippen LogP contribution in [0.4, 0.5) is 5.69 Å². The molecule has 0 atom stereocenters. The molecule has 0 aliphatic carbocycles. The molecule has 2 heterocycles. The molecule has 0 aliphatic rings. The normalized spacial score (nSPS) is 10.7. The molecule has 118 valence electrons. The van der Waals surface area contributed by atoms with Gasteiger partial charge in [-0.3, -0.25) is 9.48 Å². The minimum atomic E-state index is -0.210. The van der Waals surface area contributed by atoms with Crippen LogP contribution < -0.4 is 5.32 Å². The van der Waals surface area contributed by atoms with Crippen molar-refractivity contribution < 1.29 is 4.79 Å². The Kier molecular flexibility index (Phi) is 4.92. The van der Waals surface area contributed by atoms with Gasteiger partial charge in [0.25, 0.3) is 5.91 Å². The highest BCUT2D eigenvalue weighted by Crippen LogP contribution is 2.24. The first-order chi connectivity index (χ1) is 11.0. The molecule has 8 heteroatoms. The van der Waals surface area contributed by atoms with E-state index in [-0.39, 0.29) is 5.91 Å². The average molecular weight is 387 g/mol. The van der Waals surface area contributed by atoms with Gasteiger partial charge in [0.2, 0.25) is 0 Å². The Bertz CT molecular complexity index is 839. The van der Waals surface area contributed by atoms with Gasteiger partial charge in [-0.1, -0.05) is 34.8 Å². The molecule has 0 saturated heterocycles. The van der Waals surface area contributed by atoms with Crippen LogP contribution in [0.15, 0.2) is 42.0 Å². The van der Waals surface area contributed by atoms with Crippen molar-refractivity contribution >= 4 is 57.7 Å². The van der Waals surface area contributed by atoms with Gasteiger partial charge in [0.05, 0.1) is 22.6 Å². The molecule has 0 spiro atoms. The molecule has 3 aromatic rings. The van der Waals surface area contributed by atoms with Crippen molar-refractivity contribution in [2.45, 2.75) is 6.54 Å². The molecule has 0 unspecified atom stereocenters. The van der Waals surface area contributed by atoms with Gasteiger partial charge in [-0.05, 0) is 35.2 Å². The molecule has 4 nitrogen and oxygen atoms in total. The minimum Gasteiger partial charge on any atom is -0.321 e. The summed E-state index contributed by atoms with van der Waals surface area (Å²) in [6.07, 6.45) is 3.30. The van der Waals surface area contributed by atoms with Gasteiger partial charge in [-0.25, -0.2) is 0 Å². The summed E-state index contributed by atoms with van der Waals surface area (Å²) in [5.74, 6) is -0.210. The molecule has 0 aliphatic heterocycles. The Morgan fingerprint density at radius 3 is 2.52 bits per heavy atom. The monoisotopic (exact) mass is 385 g/mol. The lowest BCUT2D eigenvalue weighted by Gasteiger charge is -2.04. The lowest BCUT2D eigenvalue weighted by Crippen LogP contribution is -2.10. The third-order valence-electron chi connectivity index (χ3n) is 2.94. The number of nitrogens with zero attached hydrogens (tertiary/aromatic N) is 2. The fourth-order valence-corrected chi connectivity index (χ4v) is 3.49. The van der Waals surface area contributed by atoms with Crippen LogP contribution in [0, 0.1) is 0 Å². The maximum atomic E-state index is 12.3. The van der Waals surface area contributed by atoms with Gasteiger partial charge in [-0.2, -0.15) is 5.10 Å². The van der Waals surface area contributed by atoms with Crippen molar-refractivity contribution in [1.29, 1.82) is 0 Å². The zero-order valence-electron chi connectivity index (χ0n) is 11.6. The van der Waals surface area contributed by atoms with E-state index in [4.69, 9.17) is 34.8 Å². The highest BCUT2D eigenvalue weighted by atomic mass is 35.5. The summed E-state index contributed by atoms with van der Waals surface area (Å²) in [5.41, 5.74) is 1.53. The summed E-state index contributed by atoms with van der Waals surface area (Å²) < 4.78 is 1.71. The summed E-state index contributed by atoms with van der Waals surface area (Å²) in [6.45, 7) is 0.555. The first-order valence-electron chi connectivity index (χ1n) is 6.52. The molecular formula is C15H10Cl3N3OS. The second kappa shape index (κ2) is 6.93. The van der Waals surface area contributed by atoms with Crippen LogP contribution in [-0.4, -0.2) is 15.7 Å². The first kappa shape index (κ1) is 16.3. The van der Waals surface area contributed by atoms with Crippen LogP contribution >= 0.6 is 46.1 Å². The Morgan fingerprint density at radius 1 is 1.13 bits per heavy atom. The van der Waals surface area contributed by atoms with Crippen molar-refractivity contribution in [2.75, 3.05) is 5.32 Å². The molecular weight excluding hydrogens is 377 g/mol. The molecule has 0 saturated carbocycles. The summed E-state index contributed by atoms with van der Waals surface area (Å²) >= 11 is 19.0. The second-order valence-corrected chi connectivity index (χ2v) is 7.01. The van der Waals surface area contributed by atoms with Gasteiger partial charge < -0.3 is 5.32 Å². The van der Waals surface area contributed by atoms with Crippen molar-refractivity contribution in [3.63, 3.8) is 0 Å². The SMILES string of the molecule is O=C(Nc1cc(Cl)cc(Cl)c1)c1cc(Cn2cc(Cl)cn2)cs1. The van der Waals surface area contributed by atoms with Crippen molar-refractivity contribution in [3.05, 3.63) is 67.5 Å². The number of anilines is 1. The summed E-state index contributed by atoms with van der Waals surface area (Å²) in [4.78, 5) is 12.9. The number of thiophene rings is 1. The lowest BCUT2D eigenvalue weighted by molar-refractivity contribution is 0.103. The van der Waals surface area contributed by atoms with Gasteiger partial charge in [0.1, 0.15) is 0 Å². The smallest absolute Gasteiger partial charge is 0.265 e. The number of carbonyl (C=O) groups is 1. The minimum absolute atomic E-state index is 0.210. The number of nitrogens with one attached hydrogen (secondary N) is 1. The van der Waals surface area contributed by atoms with E-state index in [0.29, 0.717) is 32.2 Å². The van der Waals surface area contributed by atoms with Gasteiger partial charge >= 0.3 is 0 Å². The number of hydrogen-bond acceptors (Lipinski definition) is 3. The highest BCUT2D eigenvalue weighted by Gasteiger charge is 2.11. The molecule has 1 amide bonds. The second-order valence-electron chi connectivity index (χ2n) is 4.79. The van der Waals surface area contributed by atoms with Crippen LogP contribution in [0.5, 0.6) is 0 Å². The highest BCUT2D eigenvalue weighted by molar-refractivity contribution is 7.12. The number of rotatable bonds is 4. The zero-order valence-corrected chi connectivity index (χ0v) is 14.7. The Morgan fingerprint density at radius 2 is 1.87 bits per heavy atom. The maximum Gasteiger partial charge on any atom is 0.265 e. The van der Waals surface area contributed by atoms with Gasteiger partial charge in [0, 0.05) is 21.9 Å². The molecule has 2 aromatic heterocycles. The van der Waals surface area contributed by atoms with E-state index in [1.807, 2.05) is 11.4 Å². The van der Waals surface area contributed by atoms with Crippen molar-refractivity contribution in [3.8, 4) is 0 Å². The standard InChI is InChI=1S/C15H10Cl3N3OS/c16-10-2-11(17)4-13(3-10)20-15(22)14-1-9(8-23-14)6-21-7-12(18)5-19-21/h1-5,7-8H,6H2,(H,20,22). The third-order valence-corrected chi connectivity index (χ3v) is 4.55. The number of hydrogen-bond donors (Lipinski definition) is 1. The predicted octanol–water partition coefficient (Wildman–Crippen LogP) is 5.21. The van der Waals surface area contributed by atoms with E-state index in [2.05, 4.69) is 10.4 Å². The molecule has 23 heavy (non-hydrogen) atoms. The lowest BCUT2D eigenvalue weighted by atomic mass is 10.3. The molecule has 0 radical (unpaired) electrons. The third kappa shape index (κ3) is 4.26. The van der Waals surface area contributed by atoms with E-state index >= 15 is 0 Å². The quantitative estimate of drug-likeness (QED) is 0.669. The van der Waals surface area contributed by atoms with Gasteiger partial charge in [-0.15, -0.1) is 11.3 Å². The Balaban J connectivity index is 1.70. The summed E-state index contributed by atoms with van der Waals surface area (Å²) in [5, 5.41) is 10.3. The Hall–Kier alpha value is -1.53. The number of benzene rings is 1. The largest absolute Gasteiger partial charge is 0.321 e. The molecule has 3 rings (SSSR count). The maximum absolute atomic E-state index is 12.3. The van der Waals surface area contributed by atoms with Crippen LogP contribution in [0.2, 0.25) is 15.1 Å². The molecule has 0 bridgehead atoms. The van der Waals surface area contributed by atoms with Crippen LogP contribution in [0.25, 0.3) is 0 Å². The van der Waals surface area contributed by atoms with E-state index < -0.39 is 0 Å². The fourth-order valence-electron chi connectivity index (χ4n) is 2.01. The number of aromatic nitrogens is 2. The number of amides is 1. The van der Waals surface area contributed by atoms with E-state index in [9.17, 15) is 4.79 Å². The van der Waals surface area contributed by atoms with Crippen molar-refractivity contribution in [1.82, 2.24) is 9.78 Å². The van der Waals surface area contributed by atoms with E-state index in [1.165, 1.54) is 11.3 Å². The zero-order chi connectivity index (χ0) is 16.4. The van der Waals surface area contributed by atoms with Gasteiger partial charge in [0.15, 0.2) is 0 Å². The first-order valence-corrected chi connectivity index (χ1v) is 8.54. The Labute approximate surface area is 151 Å². The number of halogens is 3. The van der Waals surface area contributed by atoms with Crippen LogP contribution in [0.1, 0.15) is 15.2 Å². The summed E-state index contributed by atoms with van der Waals surface area (Å²) in [6, 6.07) is 6.72. The average Bonchev–Trinajstić information content (AvgIpc) is 3.07. The molecule has 1 aromatic carbocycles. The van der Waals surface area contributed by atoms with Crippen LogP contribution in [-0.2, 0) is 6.54 Å². The topological polar surface area (TPSA) is 46.9 Å². The number of carbonyl (C=O) groups excluding carboxylic acids is 1. The van der Waals surface area contributed by atoms with E-state index in [0.717, 1.165) is 5.56 Å².